The SMILES string of the molecule is CC(C)CN(CC(=O)O)C(=O)Cc1cccc(OCC(F)(F)F)c1. The number of rotatable bonds is 8. The van der Waals surface area contributed by atoms with Crippen LogP contribution in [0.1, 0.15) is 19.4 Å². The number of ether oxygens (including phenoxy) is 1. The minimum Gasteiger partial charge on any atom is -0.484 e. The Hall–Kier alpha value is -2.25. The van der Waals surface area contributed by atoms with Gasteiger partial charge >= 0.3 is 12.1 Å². The van der Waals surface area contributed by atoms with Crippen molar-refractivity contribution in [3.05, 3.63) is 29.8 Å². The lowest BCUT2D eigenvalue weighted by atomic mass is 10.1. The van der Waals surface area contributed by atoms with Crippen molar-refractivity contribution in [3.63, 3.8) is 0 Å². The summed E-state index contributed by atoms with van der Waals surface area (Å²) in [6, 6.07) is 5.77. The topological polar surface area (TPSA) is 66.8 Å². The first-order valence-electron chi connectivity index (χ1n) is 7.35. The van der Waals surface area contributed by atoms with E-state index in [4.69, 9.17) is 5.11 Å². The van der Waals surface area contributed by atoms with Crippen LogP contribution in [-0.2, 0) is 16.0 Å². The Morgan fingerprint density at radius 1 is 1.29 bits per heavy atom. The molecule has 24 heavy (non-hydrogen) atoms. The summed E-state index contributed by atoms with van der Waals surface area (Å²) in [5, 5.41) is 8.88. The summed E-state index contributed by atoms with van der Waals surface area (Å²) in [6.07, 6.45) is -4.55. The lowest BCUT2D eigenvalue weighted by Gasteiger charge is -2.23. The van der Waals surface area contributed by atoms with Gasteiger partial charge in [0.05, 0.1) is 6.42 Å². The number of nitrogens with zero attached hydrogens (tertiary/aromatic N) is 1. The zero-order valence-corrected chi connectivity index (χ0v) is 13.5. The van der Waals surface area contributed by atoms with Gasteiger partial charge in [0.25, 0.3) is 0 Å². The van der Waals surface area contributed by atoms with Crippen LogP contribution in [0.2, 0.25) is 0 Å². The van der Waals surface area contributed by atoms with E-state index < -0.39 is 31.2 Å². The summed E-state index contributed by atoms with van der Waals surface area (Å²) in [7, 11) is 0. The Labute approximate surface area is 138 Å². The molecule has 1 N–H and O–H groups in total. The van der Waals surface area contributed by atoms with E-state index in [-0.39, 0.29) is 24.6 Å². The first-order valence-corrected chi connectivity index (χ1v) is 7.35. The first-order chi connectivity index (χ1) is 11.1. The molecular weight excluding hydrogens is 327 g/mol. The maximum atomic E-state index is 12.3. The zero-order valence-electron chi connectivity index (χ0n) is 13.5. The average molecular weight is 347 g/mol. The Morgan fingerprint density at radius 2 is 1.96 bits per heavy atom. The van der Waals surface area contributed by atoms with Crippen molar-refractivity contribution in [2.45, 2.75) is 26.4 Å². The second-order valence-corrected chi connectivity index (χ2v) is 5.79. The molecule has 1 amide bonds. The molecule has 0 spiro atoms. The first kappa shape index (κ1) is 19.8. The highest BCUT2D eigenvalue weighted by atomic mass is 19.4. The molecule has 0 aliphatic rings. The summed E-state index contributed by atoms with van der Waals surface area (Å²) < 4.78 is 41.1. The summed E-state index contributed by atoms with van der Waals surface area (Å²) in [6.45, 7) is 2.17. The second kappa shape index (κ2) is 8.56. The standard InChI is InChI=1S/C16H20F3NO4/c1-11(2)8-20(9-15(22)23)14(21)7-12-4-3-5-13(6-12)24-10-16(17,18)19/h3-6,11H,7-10H2,1-2H3,(H,22,23). The lowest BCUT2D eigenvalue weighted by Crippen LogP contribution is -2.39. The van der Waals surface area contributed by atoms with Gasteiger partial charge in [-0.1, -0.05) is 26.0 Å². The molecule has 134 valence electrons. The zero-order chi connectivity index (χ0) is 18.3. The van der Waals surface area contributed by atoms with E-state index in [9.17, 15) is 22.8 Å². The summed E-state index contributed by atoms with van der Waals surface area (Å²) in [4.78, 5) is 24.3. The number of aliphatic carboxylic acids is 1. The molecule has 0 radical (unpaired) electrons. The van der Waals surface area contributed by atoms with Crippen LogP contribution in [-0.4, -0.2) is 47.8 Å². The van der Waals surface area contributed by atoms with Gasteiger partial charge in [-0.15, -0.1) is 0 Å². The number of benzene rings is 1. The monoisotopic (exact) mass is 347 g/mol. The summed E-state index contributed by atoms with van der Waals surface area (Å²) >= 11 is 0. The van der Waals surface area contributed by atoms with Gasteiger partial charge in [-0.05, 0) is 23.6 Å². The van der Waals surface area contributed by atoms with E-state index in [1.54, 1.807) is 6.07 Å². The summed E-state index contributed by atoms with van der Waals surface area (Å²) in [5.41, 5.74) is 0.457. The van der Waals surface area contributed by atoms with Gasteiger partial charge in [0.15, 0.2) is 6.61 Å². The number of hydrogen-bond donors (Lipinski definition) is 1. The Bertz CT molecular complexity index is 573. The van der Waals surface area contributed by atoms with Gasteiger partial charge in [-0.2, -0.15) is 13.2 Å². The molecule has 0 unspecified atom stereocenters. The molecule has 0 saturated carbocycles. The van der Waals surface area contributed by atoms with E-state index in [0.717, 1.165) is 0 Å². The number of carboxylic acids is 1. The van der Waals surface area contributed by atoms with Gasteiger partial charge in [-0.25, -0.2) is 0 Å². The van der Waals surface area contributed by atoms with E-state index in [2.05, 4.69) is 4.74 Å². The van der Waals surface area contributed by atoms with Crippen LogP contribution in [0.5, 0.6) is 5.75 Å². The van der Waals surface area contributed by atoms with Crippen LogP contribution in [0.4, 0.5) is 13.2 Å². The number of carbonyl (C=O) groups excluding carboxylic acids is 1. The summed E-state index contributed by atoms with van der Waals surface area (Å²) in [5.74, 6) is -1.42. The van der Waals surface area contributed by atoms with E-state index in [1.165, 1.54) is 23.1 Å². The third-order valence-corrected chi connectivity index (χ3v) is 2.92. The molecule has 8 heteroatoms. The van der Waals surface area contributed by atoms with Crippen molar-refractivity contribution in [1.82, 2.24) is 4.90 Å². The number of hydrogen-bond acceptors (Lipinski definition) is 3. The lowest BCUT2D eigenvalue weighted by molar-refractivity contribution is -0.153. The van der Waals surface area contributed by atoms with Crippen molar-refractivity contribution in [3.8, 4) is 5.75 Å². The smallest absolute Gasteiger partial charge is 0.422 e. The predicted octanol–water partition coefficient (Wildman–Crippen LogP) is 2.74. The van der Waals surface area contributed by atoms with Gasteiger partial charge in [0, 0.05) is 6.54 Å². The van der Waals surface area contributed by atoms with Crippen LogP contribution in [0.25, 0.3) is 0 Å². The Balaban J connectivity index is 2.75. The molecule has 0 saturated heterocycles. The maximum Gasteiger partial charge on any atom is 0.422 e. The average Bonchev–Trinajstić information content (AvgIpc) is 2.43. The number of halogens is 3. The maximum absolute atomic E-state index is 12.3. The highest BCUT2D eigenvalue weighted by Crippen LogP contribution is 2.20. The quantitative estimate of drug-likeness (QED) is 0.785. The second-order valence-electron chi connectivity index (χ2n) is 5.79. The van der Waals surface area contributed by atoms with Crippen LogP contribution in [0, 0.1) is 5.92 Å². The third kappa shape index (κ3) is 7.85. The number of carboxylic acid groups (broad SMARTS) is 1. The van der Waals surface area contributed by atoms with Crippen LogP contribution in [0.15, 0.2) is 24.3 Å². The molecule has 1 aromatic carbocycles. The van der Waals surface area contributed by atoms with E-state index >= 15 is 0 Å². The molecule has 0 atom stereocenters. The van der Waals surface area contributed by atoms with Crippen molar-refractivity contribution in [2.75, 3.05) is 19.7 Å². The molecule has 0 aliphatic carbocycles. The predicted molar refractivity (Wildman–Crippen MR) is 80.7 cm³/mol. The van der Waals surface area contributed by atoms with Crippen molar-refractivity contribution in [2.24, 2.45) is 5.92 Å². The van der Waals surface area contributed by atoms with Gasteiger partial charge in [0.2, 0.25) is 5.91 Å². The molecule has 0 fully saturated rings. The molecule has 0 heterocycles. The number of alkyl halides is 3. The van der Waals surface area contributed by atoms with E-state index in [1.807, 2.05) is 13.8 Å². The van der Waals surface area contributed by atoms with Crippen molar-refractivity contribution < 1.29 is 32.6 Å². The van der Waals surface area contributed by atoms with Crippen molar-refractivity contribution >= 4 is 11.9 Å². The molecule has 0 aliphatic heterocycles. The minimum atomic E-state index is -4.44. The number of amides is 1. The highest BCUT2D eigenvalue weighted by molar-refractivity contribution is 5.83. The number of carbonyl (C=O) groups is 2. The normalized spacial score (nSPS) is 11.4. The fourth-order valence-electron chi connectivity index (χ4n) is 2.06. The molecule has 0 aromatic heterocycles. The van der Waals surface area contributed by atoms with Crippen LogP contribution < -0.4 is 4.74 Å². The van der Waals surface area contributed by atoms with E-state index in [0.29, 0.717) is 5.56 Å². The fraction of sp³-hybridized carbons (Fsp3) is 0.500. The largest absolute Gasteiger partial charge is 0.484 e. The van der Waals surface area contributed by atoms with Crippen molar-refractivity contribution in [1.29, 1.82) is 0 Å². The Kier molecular flexibility index (Phi) is 7.06. The van der Waals surface area contributed by atoms with Crippen LogP contribution >= 0.6 is 0 Å². The minimum absolute atomic E-state index is 0.00580. The molecule has 1 rings (SSSR count). The highest BCUT2D eigenvalue weighted by Gasteiger charge is 2.28. The molecule has 0 bridgehead atoms. The van der Waals surface area contributed by atoms with Gasteiger partial charge in [0.1, 0.15) is 12.3 Å². The molecule has 1 aromatic rings. The van der Waals surface area contributed by atoms with Gasteiger partial charge < -0.3 is 14.7 Å². The van der Waals surface area contributed by atoms with Crippen LogP contribution in [0.3, 0.4) is 0 Å². The Morgan fingerprint density at radius 3 is 2.50 bits per heavy atom. The van der Waals surface area contributed by atoms with Gasteiger partial charge in [-0.3, -0.25) is 9.59 Å². The third-order valence-electron chi connectivity index (χ3n) is 2.92. The molecule has 5 nitrogen and oxygen atoms in total. The fourth-order valence-corrected chi connectivity index (χ4v) is 2.06. The molecular formula is C16H20F3NO4.